The van der Waals surface area contributed by atoms with Gasteiger partial charge in [-0.15, -0.1) is 0 Å². The molecule has 1 fully saturated rings. The Morgan fingerprint density at radius 3 is 2.56 bits per heavy atom. The van der Waals surface area contributed by atoms with Gasteiger partial charge in [-0.05, 0) is 49.1 Å². The minimum Gasteiger partial charge on any atom is -0.359 e. The van der Waals surface area contributed by atoms with Crippen molar-refractivity contribution in [3.63, 3.8) is 0 Å². The van der Waals surface area contributed by atoms with E-state index in [0.717, 1.165) is 35.8 Å². The SMILES string of the molecule is N/N=C1\CCCCC1N(C/C=C/c1ccccc1)c1ccc(Cl)cc1. The van der Waals surface area contributed by atoms with E-state index < -0.39 is 0 Å². The lowest BCUT2D eigenvalue weighted by Gasteiger charge is -2.36. The van der Waals surface area contributed by atoms with Crippen molar-refractivity contribution >= 4 is 29.1 Å². The molecule has 2 N–H and O–H groups in total. The standard InChI is InChI=1S/C21H24ClN3/c22-18-12-14-19(15-13-18)25(21-11-5-4-10-20(21)24-23)16-6-9-17-7-2-1-3-8-17/h1-3,6-9,12-15,21H,4-5,10-11,16,23H2/b9-6+,24-20+. The van der Waals surface area contributed by atoms with E-state index >= 15 is 0 Å². The van der Waals surface area contributed by atoms with Gasteiger partial charge >= 0.3 is 0 Å². The molecule has 2 aromatic carbocycles. The highest BCUT2D eigenvalue weighted by atomic mass is 35.5. The van der Waals surface area contributed by atoms with Gasteiger partial charge in [-0.2, -0.15) is 5.10 Å². The van der Waals surface area contributed by atoms with Crippen molar-refractivity contribution in [2.75, 3.05) is 11.4 Å². The molecule has 0 radical (unpaired) electrons. The normalized spacial score (nSPS) is 19.4. The average molecular weight is 354 g/mol. The number of nitrogens with zero attached hydrogens (tertiary/aromatic N) is 2. The van der Waals surface area contributed by atoms with Crippen molar-refractivity contribution < 1.29 is 0 Å². The first-order valence-electron chi connectivity index (χ1n) is 8.78. The van der Waals surface area contributed by atoms with Crippen LogP contribution in [0.3, 0.4) is 0 Å². The fraction of sp³-hybridized carbons (Fsp3) is 0.286. The van der Waals surface area contributed by atoms with Gasteiger partial charge in [-0.25, -0.2) is 0 Å². The molecule has 2 aromatic rings. The molecule has 3 rings (SSSR count). The molecule has 0 saturated heterocycles. The molecule has 1 unspecified atom stereocenters. The monoisotopic (exact) mass is 353 g/mol. The topological polar surface area (TPSA) is 41.6 Å². The zero-order valence-electron chi connectivity index (χ0n) is 14.3. The van der Waals surface area contributed by atoms with Gasteiger partial charge in [0.1, 0.15) is 0 Å². The maximum absolute atomic E-state index is 6.07. The minimum atomic E-state index is 0.250. The number of hydrogen-bond donors (Lipinski definition) is 1. The lowest BCUT2D eigenvalue weighted by atomic mass is 9.91. The molecular weight excluding hydrogens is 330 g/mol. The summed E-state index contributed by atoms with van der Waals surface area (Å²) < 4.78 is 0. The number of benzene rings is 2. The molecule has 0 bridgehead atoms. The molecule has 0 aromatic heterocycles. The van der Waals surface area contributed by atoms with E-state index in [1.165, 1.54) is 18.4 Å². The first-order valence-corrected chi connectivity index (χ1v) is 9.16. The van der Waals surface area contributed by atoms with Crippen molar-refractivity contribution in [3.8, 4) is 0 Å². The summed E-state index contributed by atoms with van der Waals surface area (Å²) in [5.41, 5.74) is 3.44. The van der Waals surface area contributed by atoms with Gasteiger partial charge < -0.3 is 10.7 Å². The van der Waals surface area contributed by atoms with Crippen LogP contribution in [0, 0.1) is 0 Å². The van der Waals surface area contributed by atoms with Crippen LogP contribution in [0.15, 0.2) is 65.8 Å². The summed E-state index contributed by atoms with van der Waals surface area (Å²) in [6.07, 6.45) is 8.79. The fourth-order valence-corrected chi connectivity index (χ4v) is 3.50. The molecule has 0 heterocycles. The Kier molecular flexibility index (Phi) is 6.13. The molecule has 1 aliphatic carbocycles. The maximum atomic E-state index is 6.07. The second-order valence-electron chi connectivity index (χ2n) is 6.32. The summed E-state index contributed by atoms with van der Waals surface area (Å²) in [5, 5.41) is 4.83. The van der Waals surface area contributed by atoms with Crippen LogP contribution >= 0.6 is 11.6 Å². The molecule has 1 atom stereocenters. The van der Waals surface area contributed by atoms with Crippen LogP contribution in [0.4, 0.5) is 5.69 Å². The second kappa shape index (κ2) is 8.72. The van der Waals surface area contributed by atoms with Crippen LogP contribution < -0.4 is 10.7 Å². The molecule has 0 amide bonds. The Labute approximate surface area is 154 Å². The van der Waals surface area contributed by atoms with E-state index in [1.54, 1.807) is 0 Å². The van der Waals surface area contributed by atoms with Crippen LogP contribution in [-0.4, -0.2) is 18.3 Å². The number of anilines is 1. The highest BCUT2D eigenvalue weighted by Gasteiger charge is 2.26. The van der Waals surface area contributed by atoms with E-state index in [-0.39, 0.29) is 6.04 Å². The summed E-state index contributed by atoms with van der Waals surface area (Å²) in [5.74, 6) is 5.68. The molecule has 0 aliphatic heterocycles. The zero-order valence-corrected chi connectivity index (χ0v) is 15.1. The van der Waals surface area contributed by atoms with Gasteiger partial charge in [-0.3, -0.25) is 0 Å². The Balaban J connectivity index is 1.83. The summed E-state index contributed by atoms with van der Waals surface area (Å²) in [6, 6.07) is 18.6. The number of hydrazone groups is 1. The second-order valence-corrected chi connectivity index (χ2v) is 6.76. The summed E-state index contributed by atoms with van der Waals surface area (Å²) in [7, 11) is 0. The lowest BCUT2D eigenvalue weighted by molar-refractivity contribution is 0.576. The van der Waals surface area contributed by atoms with Gasteiger partial charge in [0.2, 0.25) is 0 Å². The van der Waals surface area contributed by atoms with Crippen molar-refractivity contribution in [1.29, 1.82) is 0 Å². The molecule has 1 aliphatic rings. The first-order chi connectivity index (χ1) is 12.3. The predicted molar refractivity (Wildman–Crippen MR) is 108 cm³/mol. The molecule has 130 valence electrons. The molecule has 1 saturated carbocycles. The zero-order chi connectivity index (χ0) is 17.5. The van der Waals surface area contributed by atoms with E-state index in [2.05, 4.69) is 58.6 Å². The quantitative estimate of drug-likeness (QED) is 0.599. The van der Waals surface area contributed by atoms with Crippen LogP contribution in [0.2, 0.25) is 5.02 Å². The van der Waals surface area contributed by atoms with E-state index in [1.807, 2.05) is 18.2 Å². The highest BCUT2D eigenvalue weighted by Crippen LogP contribution is 2.27. The van der Waals surface area contributed by atoms with Crippen LogP contribution in [0.5, 0.6) is 0 Å². The maximum Gasteiger partial charge on any atom is 0.0695 e. The first kappa shape index (κ1) is 17.6. The van der Waals surface area contributed by atoms with Gasteiger partial charge in [0.25, 0.3) is 0 Å². The number of hydrogen-bond acceptors (Lipinski definition) is 3. The Hall–Kier alpha value is -2.26. The van der Waals surface area contributed by atoms with Crippen LogP contribution in [-0.2, 0) is 0 Å². The lowest BCUT2D eigenvalue weighted by Crippen LogP contribution is -2.43. The minimum absolute atomic E-state index is 0.250. The fourth-order valence-electron chi connectivity index (χ4n) is 3.38. The van der Waals surface area contributed by atoms with Gasteiger partial charge in [0.15, 0.2) is 0 Å². The third kappa shape index (κ3) is 4.64. The Morgan fingerprint density at radius 1 is 1.08 bits per heavy atom. The largest absolute Gasteiger partial charge is 0.359 e. The van der Waals surface area contributed by atoms with Crippen molar-refractivity contribution in [1.82, 2.24) is 0 Å². The van der Waals surface area contributed by atoms with Crippen molar-refractivity contribution in [2.45, 2.75) is 31.7 Å². The van der Waals surface area contributed by atoms with Gasteiger partial charge in [-0.1, -0.05) is 60.5 Å². The smallest absolute Gasteiger partial charge is 0.0695 e. The van der Waals surface area contributed by atoms with Crippen molar-refractivity contribution in [3.05, 3.63) is 71.3 Å². The summed E-state index contributed by atoms with van der Waals surface area (Å²) in [4.78, 5) is 2.38. The molecule has 3 nitrogen and oxygen atoms in total. The molecular formula is C21H24ClN3. The van der Waals surface area contributed by atoms with Gasteiger partial charge in [0, 0.05) is 17.3 Å². The van der Waals surface area contributed by atoms with E-state index in [0.29, 0.717) is 0 Å². The van der Waals surface area contributed by atoms with E-state index in [4.69, 9.17) is 17.4 Å². The highest BCUT2D eigenvalue weighted by molar-refractivity contribution is 6.30. The number of halogens is 1. The number of nitrogens with two attached hydrogens (primary N) is 1. The van der Waals surface area contributed by atoms with E-state index in [9.17, 15) is 0 Å². The molecule has 4 heteroatoms. The molecule has 0 spiro atoms. The third-order valence-electron chi connectivity index (χ3n) is 4.66. The Morgan fingerprint density at radius 2 is 1.84 bits per heavy atom. The number of rotatable bonds is 5. The van der Waals surface area contributed by atoms with Crippen LogP contribution in [0.1, 0.15) is 31.2 Å². The third-order valence-corrected chi connectivity index (χ3v) is 4.91. The van der Waals surface area contributed by atoms with Crippen LogP contribution in [0.25, 0.3) is 6.08 Å². The van der Waals surface area contributed by atoms with Crippen molar-refractivity contribution in [2.24, 2.45) is 10.9 Å². The summed E-state index contributed by atoms with van der Waals surface area (Å²) >= 11 is 6.07. The molecule has 25 heavy (non-hydrogen) atoms. The summed E-state index contributed by atoms with van der Waals surface area (Å²) in [6.45, 7) is 0.806. The Bertz CT molecular complexity index is 723. The average Bonchev–Trinajstić information content (AvgIpc) is 2.67. The predicted octanol–water partition coefficient (Wildman–Crippen LogP) is 5.12. The van der Waals surface area contributed by atoms with Gasteiger partial charge in [0.05, 0.1) is 11.8 Å².